The smallest absolute Gasteiger partial charge is 0.272 e. The van der Waals surface area contributed by atoms with Crippen LogP contribution in [0.5, 0.6) is 0 Å². The van der Waals surface area contributed by atoms with Gasteiger partial charge >= 0.3 is 0 Å². The van der Waals surface area contributed by atoms with Gasteiger partial charge in [-0.3, -0.25) is 4.79 Å². The molecular formula is C13H17BrN2O. The van der Waals surface area contributed by atoms with Crippen LogP contribution in [0.15, 0.2) is 22.8 Å². The van der Waals surface area contributed by atoms with Crippen molar-refractivity contribution in [2.24, 2.45) is 0 Å². The second-order valence-electron chi connectivity index (χ2n) is 4.44. The largest absolute Gasteiger partial charge is 0.334 e. The number of aromatic nitrogens is 1. The zero-order chi connectivity index (χ0) is 12.3. The number of hydrogen-bond acceptors (Lipinski definition) is 2. The molecule has 1 aliphatic carbocycles. The zero-order valence-electron chi connectivity index (χ0n) is 10.0. The van der Waals surface area contributed by atoms with Gasteiger partial charge in [0.25, 0.3) is 5.91 Å². The van der Waals surface area contributed by atoms with E-state index in [0.717, 1.165) is 36.7 Å². The first kappa shape index (κ1) is 12.6. The molecule has 2 rings (SSSR count). The highest BCUT2D eigenvalue weighted by molar-refractivity contribution is 9.10. The molecule has 1 aromatic rings. The van der Waals surface area contributed by atoms with E-state index >= 15 is 0 Å². The first-order chi connectivity index (χ1) is 8.22. The third-order valence-corrected chi connectivity index (χ3v) is 3.42. The summed E-state index contributed by atoms with van der Waals surface area (Å²) in [5.74, 6) is 0.0773. The van der Waals surface area contributed by atoms with Crippen molar-refractivity contribution in [3.8, 4) is 0 Å². The summed E-state index contributed by atoms with van der Waals surface area (Å²) >= 11 is 3.33. The van der Waals surface area contributed by atoms with Gasteiger partial charge in [0.05, 0.1) is 0 Å². The van der Waals surface area contributed by atoms with E-state index in [0.29, 0.717) is 11.7 Å². The van der Waals surface area contributed by atoms with Crippen LogP contribution >= 0.6 is 15.9 Å². The number of carbonyl (C=O) groups excluding carboxylic acids is 1. The molecule has 1 aromatic heterocycles. The van der Waals surface area contributed by atoms with Gasteiger partial charge in [-0.05, 0) is 47.3 Å². The summed E-state index contributed by atoms with van der Waals surface area (Å²) in [6.07, 6.45) is 6.15. The van der Waals surface area contributed by atoms with Gasteiger partial charge in [-0.2, -0.15) is 0 Å². The van der Waals surface area contributed by atoms with Crippen LogP contribution in [0.2, 0.25) is 0 Å². The average Bonchev–Trinajstić information content (AvgIpc) is 3.14. The molecule has 3 nitrogen and oxygen atoms in total. The number of carbonyl (C=O) groups is 1. The van der Waals surface area contributed by atoms with E-state index in [4.69, 9.17) is 0 Å². The predicted octanol–water partition coefficient (Wildman–Crippen LogP) is 3.25. The van der Waals surface area contributed by atoms with Gasteiger partial charge in [0.1, 0.15) is 5.69 Å². The molecule has 0 aromatic carbocycles. The van der Waals surface area contributed by atoms with Crippen LogP contribution in [-0.4, -0.2) is 28.4 Å². The quantitative estimate of drug-likeness (QED) is 0.836. The van der Waals surface area contributed by atoms with E-state index in [-0.39, 0.29) is 5.91 Å². The molecule has 0 bridgehead atoms. The third-order valence-electron chi connectivity index (χ3n) is 2.95. The van der Waals surface area contributed by atoms with E-state index < -0.39 is 0 Å². The number of nitrogens with zero attached hydrogens (tertiary/aromatic N) is 2. The molecule has 1 aliphatic rings. The Hall–Kier alpha value is -0.900. The molecule has 0 N–H and O–H groups in total. The number of pyridine rings is 1. The molecule has 0 spiro atoms. The summed E-state index contributed by atoms with van der Waals surface area (Å²) in [4.78, 5) is 18.5. The van der Waals surface area contributed by atoms with Gasteiger partial charge in [0, 0.05) is 23.3 Å². The molecule has 17 heavy (non-hydrogen) atoms. The lowest BCUT2D eigenvalue weighted by atomic mass is 10.2. The van der Waals surface area contributed by atoms with Gasteiger partial charge in [-0.15, -0.1) is 0 Å². The van der Waals surface area contributed by atoms with E-state index in [2.05, 4.69) is 27.8 Å². The van der Waals surface area contributed by atoms with Crippen LogP contribution in [0, 0.1) is 0 Å². The maximum atomic E-state index is 12.3. The maximum absolute atomic E-state index is 12.3. The molecule has 1 fully saturated rings. The van der Waals surface area contributed by atoms with Gasteiger partial charge in [-0.25, -0.2) is 4.98 Å². The fraction of sp³-hybridized carbons (Fsp3) is 0.538. The van der Waals surface area contributed by atoms with Gasteiger partial charge < -0.3 is 4.90 Å². The summed E-state index contributed by atoms with van der Waals surface area (Å²) in [6, 6.07) is 4.11. The third kappa shape index (κ3) is 3.28. The minimum absolute atomic E-state index is 0.0773. The standard InChI is InChI=1S/C13H17BrN2O/c1-2-3-8-16(11-5-6-11)13(17)12-7-4-10(14)9-15-12/h4,7,9,11H,2-3,5-6,8H2,1H3. The lowest BCUT2D eigenvalue weighted by Crippen LogP contribution is -2.34. The van der Waals surface area contributed by atoms with Crippen LogP contribution in [-0.2, 0) is 0 Å². The number of rotatable bonds is 5. The van der Waals surface area contributed by atoms with Crippen molar-refractivity contribution in [3.63, 3.8) is 0 Å². The highest BCUT2D eigenvalue weighted by Crippen LogP contribution is 2.28. The number of amides is 1. The minimum Gasteiger partial charge on any atom is -0.334 e. The van der Waals surface area contributed by atoms with Crippen molar-refractivity contribution in [1.29, 1.82) is 0 Å². The van der Waals surface area contributed by atoms with Gasteiger partial charge in [0.15, 0.2) is 0 Å². The average molecular weight is 297 g/mol. The van der Waals surface area contributed by atoms with Gasteiger partial charge in [0.2, 0.25) is 0 Å². The normalized spacial score (nSPS) is 14.7. The van der Waals surface area contributed by atoms with E-state index in [1.807, 2.05) is 11.0 Å². The fourth-order valence-electron chi connectivity index (χ4n) is 1.81. The summed E-state index contributed by atoms with van der Waals surface area (Å²) in [6.45, 7) is 3.01. The SMILES string of the molecule is CCCCN(C(=O)c1ccc(Br)cn1)C1CC1. The van der Waals surface area contributed by atoms with E-state index in [9.17, 15) is 4.79 Å². The molecule has 0 unspecified atom stereocenters. The highest BCUT2D eigenvalue weighted by atomic mass is 79.9. The summed E-state index contributed by atoms with van der Waals surface area (Å²) in [7, 11) is 0. The fourth-order valence-corrected chi connectivity index (χ4v) is 2.05. The first-order valence-electron chi connectivity index (χ1n) is 6.15. The van der Waals surface area contributed by atoms with Crippen LogP contribution in [0.3, 0.4) is 0 Å². The van der Waals surface area contributed by atoms with Crippen molar-refractivity contribution in [1.82, 2.24) is 9.88 Å². The van der Waals surface area contributed by atoms with E-state index in [1.54, 1.807) is 12.3 Å². The Labute approximate surface area is 110 Å². The molecule has 1 saturated carbocycles. The minimum atomic E-state index is 0.0773. The van der Waals surface area contributed by atoms with Crippen LogP contribution in [0.25, 0.3) is 0 Å². The summed E-state index contributed by atoms with van der Waals surface area (Å²) in [5, 5.41) is 0. The Bertz CT molecular complexity index is 387. The number of unbranched alkanes of at least 4 members (excludes halogenated alkanes) is 1. The maximum Gasteiger partial charge on any atom is 0.272 e. The van der Waals surface area contributed by atoms with Crippen molar-refractivity contribution in [3.05, 3.63) is 28.5 Å². The molecule has 0 aliphatic heterocycles. The lowest BCUT2D eigenvalue weighted by molar-refractivity contribution is 0.0735. The topological polar surface area (TPSA) is 33.2 Å². The number of hydrogen-bond donors (Lipinski definition) is 0. The molecule has 0 saturated heterocycles. The lowest BCUT2D eigenvalue weighted by Gasteiger charge is -2.21. The van der Waals surface area contributed by atoms with Crippen LogP contribution in [0.1, 0.15) is 43.1 Å². The Balaban J connectivity index is 2.07. The predicted molar refractivity (Wildman–Crippen MR) is 70.9 cm³/mol. The number of halogens is 1. The monoisotopic (exact) mass is 296 g/mol. The Morgan fingerprint density at radius 2 is 2.29 bits per heavy atom. The first-order valence-corrected chi connectivity index (χ1v) is 6.94. The Morgan fingerprint density at radius 3 is 2.82 bits per heavy atom. The second kappa shape index (κ2) is 5.63. The molecule has 0 radical (unpaired) electrons. The molecule has 1 heterocycles. The Kier molecular flexibility index (Phi) is 4.15. The van der Waals surface area contributed by atoms with Crippen molar-refractivity contribution in [2.45, 2.75) is 38.6 Å². The second-order valence-corrected chi connectivity index (χ2v) is 5.36. The van der Waals surface area contributed by atoms with Crippen LogP contribution in [0.4, 0.5) is 0 Å². The Morgan fingerprint density at radius 1 is 1.53 bits per heavy atom. The molecular weight excluding hydrogens is 280 g/mol. The summed E-state index contributed by atoms with van der Waals surface area (Å²) in [5.41, 5.74) is 0.552. The van der Waals surface area contributed by atoms with Crippen molar-refractivity contribution >= 4 is 21.8 Å². The molecule has 92 valence electrons. The van der Waals surface area contributed by atoms with Crippen LogP contribution < -0.4 is 0 Å². The van der Waals surface area contributed by atoms with Crippen molar-refractivity contribution in [2.75, 3.05) is 6.54 Å². The van der Waals surface area contributed by atoms with Gasteiger partial charge in [-0.1, -0.05) is 13.3 Å². The molecule has 4 heteroatoms. The van der Waals surface area contributed by atoms with Crippen molar-refractivity contribution < 1.29 is 4.79 Å². The molecule has 1 amide bonds. The highest BCUT2D eigenvalue weighted by Gasteiger charge is 2.32. The summed E-state index contributed by atoms with van der Waals surface area (Å²) < 4.78 is 0.903. The molecule has 0 atom stereocenters. The zero-order valence-corrected chi connectivity index (χ0v) is 11.6. The van der Waals surface area contributed by atoms with E-state index in [1.165, 1.54) is 0 Å².